The molecular weight excluding hydrogens is 480 g/mol. The zero-order chi connectivity index (χ0) is 27.4. The molecule has 0 bridgehead atoms. The van der Waals surface area contributed by atoms with Gasteiger partial charge in [-0.25, -0.2) is 0 Å². The third kappa shape index (κ3) is 10.6. The molecule has 4 rings (SSSR count). The summed E-state index contributed by atoms with van der Waals surface area (Å²) in [6.07, 6.45) is 20.6. The summed E-state index contributed by atoms with van der Waals surface area (Å²) in [5, 5.41) is 36.6. The standard InChI is InChI=1S/C19H36O4.C13H24O2/c1-19(2,15-3-7-17(8-4-15)22-13-11-20)16-5-9-18(10-6-16)23-14-12-21;14-12-5-1-10(2-6-12)9-11-3-7-13(15)8-4-11/h15-18,20-21H,3-14H2,1-2H3;10-15H,1-9H2. The summed E-state index contributed by atoms with van der Waals surface area (Å²) in [5.74, 6) is 3.29. The summed E-state index contributed by atoms with van der Waals surface area (Å²) in [5.41, 5.74) is 0.393. The van der Waals surface area contributed by atoms with Gasteiger partial charge in [0.1, 0.15) is 0 Å². The molecule has 0 aromatic rings. The topological polar surface area (TPSA) is 99.4 Å². The van der Waals surface area contributed by atoms with Crippen LogP contribution in [0.15, 0.2) is 0 Å². The van der Waals surface area contributed by atoms with Crippen molar-refractivity contribution >= 4 is 0 Å². The van der Waals surface area contributed by atoms with Gasteiger partial charge in [-0.05, 0) is 138 Å². The summed E-state index contributed by atoms with van der Waals surface area (Å²) in [6, 6.07) is 0. The zero-order valence-electron chi connectivity index (χ0n) is 24.6. The van der Waals surface area contributed by atoms with E-state index in [-0.39, 0.29) is 25.4 Å². The van der Waals surface area contributed by atoms with Gasteiger partial charge < -0.3 is 29.9 Å². The van der Waals surface area contributed by atoms with Crippen molar-refractivity contribution < 1.29 is 29.9 Å². The lowest BCUT2D eigenvalue weighted by molar-refractivity contribution is -0.0433. The molecule has 0 aliphatic heterocycles. The fourth-order valence-electron chi connectivity index (χ4n) is 7.95. The Morgan fingerprint density at radius 3 is 1.18 bits per heavy atom. The van der Waals surface area contributed by atoms with Crippen molar-refractivity contribution in [1.29, 1.82) is 0 Å². The summed E-state index contributed by atoms with van der Waals surface area (Å²) >= 11 is 0. The lowest BCUT2D eigenvalue weighted by Gasteiger charge is -2.46. The van der Waals surface area contributed by atoms with E-state index in [1.165, 1.54) is 57.8 Å². The Labute approximate surface area is 232 Å². The minimum atomic E-state index is -0.0190. The van der Waals surface area contributed by atoms with Crippen molar-refractivity contribution in [2.45, 2.75) is 147 Å². The van der Waals surface area contributed by atoms with Crippen molar-refractivity contribution in [3.8, 4) is 0 Å². The third-order valence-electron chi connectivity index (χ3n) is 10.6. The van der Waals surface area contributed by atoms with Crippen LogP contribution < -0.4 is 0 Å². The largest absolute Gasteiger partial charge is 0.394 e. The molecule has 0 amide bonds. The molecule has 38 heavy (non-hydrogen) atoms. The molecule has 0 saturated heterocycles. The Morgan fingerprint density at radius 1 is 0.526 bits per heavy atom. The first-order valence-corrected chi connectivity index (χ1v) is 16.1. The number of rotatable bonds is 10. The smallest absolute Gasteiger partial charge is 0.0701 e. The molecule has 4 aliphatic rings. The first-order chi connectivity index (χ1) is 18.3. The molecule has 6 nitrogen and oxygen atoms in total. The van der Waals surface area contributed by atoms with Gasteiger partial charge in [0.25, 0.3) is 0 Å². The van der Waals surface area contributed by atoms with Crippen molar-refractivity contribution in [3.05, 3.63) is 0 Å². The highest BCUT2D eigenvalue weighted by atomic mass is 16.5. The summed E-state index contributed by atoms with van der Waals surface area (Å²) in [6.45, 7) is 6.16. The van der Waals surface area contributed by atoms with E-state index in [4.69, 9.17) is 19.7 Å². The highest BCUT2D eigenvalue weighted by molar-refractivity contribution is 4.91. The van der Waals surface area contributed by atoms with E-state index in [1.807, 2.05) is 0 Å². The van der Waals surface area contributed by atoms with Crippen molar-refractivity contribution in [3.63, 3.8) is 0 Å². The van der Waals surface area contributed by atoms with Crippen LogP contribution in [0.3, 0.4) is 0 Å². The Kier molecular flexibility index (Phi) is 14.3. The molecule has 224 valence electrons. The molecule has 4 saturated carbocycles. The minimum Gasteiger partial charge on any atom is -0.394 e. The van der Waals surface area contributed by atoms with Gasteiger partial charge in [0.05, 0.1) is 50.8 Å². The number of hydrogen-bond acceptors (Lipinski definition) is 6. The molecular formula is C32H60O6. The van der Waals surface area contributed by atoms with Crippen LogP contribution in [0.5, 0.6) is 0 Å². The molecule has 4 fully saturated rings. The zero-order valence-corrected chi connectivity index (χ0v) is 24.6. The average molecular weight is 541 g/mol. The van der Waals surface area contributed by atoms with Crippen LogP contribution in [0.1, 0.15) is 123 Å². The van der Waals surface area contributed by atoms with Crippen LogP contribution in [-0.4, -0.2) is 71.3 Å². The molecule has 0 atom stereocenters. The highest BCUT2D eigenvalue weighted by Gasteiger charge is 2.40. The molecule has 0 aromatic heterocycles. The van der Waals surface area contributed by atoms with E-state index >= 15 is 0 Å². The van der Waals surface area contributed by atoms with Crippen LogP contribution in [0.2, 0.25) is 0 Å². The van der Waals surface area contributed by atoms with E-state index < -0.39 is 0 Å². The van der Waals surface area contributed by atoms with E-state index in [0.717, 1.165) is 75.0 Å². The second-order valence-corrected chi connectivity index (χ2v) is 13.5. The molecule has 4 N–H and O–H groups in total. The second-order valence-electron chi connectivity index (χ2n) is 13.5. The van der Waals surface area contributed by atoms with Gasteiger partial charge in [0.15, 0.2) is 0 Å². The van der Waals surface area contributed by atoms with Gasteiger partial charge in [-0.1, -0.05) is 13.8 Å². The normalized spacial score (nSPS) is 36.8. The van der Waals surface area contributed by atoms with E-state index in [0.29, 0.717) is 30.8 Å². The van der Waals surface area contributed by atoms with E-state index in [9.17, 15) is 10.2 Å². The van der Waals surface area contributed by atoms with Crippen molar-refractivity contribution in [2.24, 2.45) is 29.1 Å². The monoisotopic (exact) mass is 540 g/mol. The molecule has 4 aliphatic carbocycles. The Morgan fingerprint density at radius 2 is 0.868 bits per heavy atom. The van der Waals surface area contributed by atoms with Gasteiger partial charge >= 0.3 is 0 Å². The van der Waals surface area contributed by atoms with Crippen LogP contribution >= 0.6 is 0 Å². The molecule has 0 aromatic carbocycles. The average Bonchev–Trinajstić information content (AvgIpc) is 2.94. The SMILES string of the molecule is CC(C)(C1CCC(OCCO)CC1)C1CCC(OCCO)CC1.OC1CCC(CC2CCC(O)CC2)CC1. The summed E-state index contributed by atoms with van der Waals surface area (Å²) in [7, 11) is 0. The van der Waals surface area contributed by atoms with Crippen LogP contribution in [0.25, 0.3) is 0 Å². The maximum absolute atomic E-state index is 9.43. The maximum Gasteiger partial charge on any atom is 0.0701 e. The quantitative estimate of drug-likeness (QED) is 0.287. The third-order valence-corrected chi connectivity index (χ3v) is 10.6. The first kappa shape index (κ1) is 32.3. The van der Waals surface area contributed by atoms with Gasteiger partial charge in [-0.2, -0.15) is 0 Å². The lowest BCUT2D eigenvalue weighted by Crippen LogP contribution is -2.39. The van der Waals surface area contributed by atoms with Gasteiger partial charge in [0.2, 0.25) is 0 Å². The van der Waals surface area contributed by atoms with Gasteiger partial charge in [-0.15, -0.1) is 0 Å². The van der Waals surface area contributed by atoms with Crippen LogP contribution in [0.4, 0.5) is 0 Å². The predicted octanol–water partition coefficient (Wildman–Crippen LogP) is 5.63. The maximum atomic E-state index is 9.43. The number of ether oxygens (including phenoxy) is 2. The minimum absolute atomic E-state index is 0.0190. The van der Waals surface area contributed by atoms with E-state index in [1.54, 1.807) is 0 Å². The predicted molar refractivity (Wildman–Crippen MR) is 152 cm³/mol. The van der Waals surface area contributed by atoms with Crippen LogP contribution in [0, 0.1) is 29.1 Å². The number of aliphatic hydroxyl groups excluding tert-OH is 4. The van der Waals surface area contributed by atoms with Crippen molar-refractivity contribution in [1.82, 2.24) is 0 Å². The Bertz CT molecular complexity index is 545. The number of hydrogen-bond donors (Lipinski definition) is 4. The van der Waals surface area contributed by atoms with E-state index in [2.05, 4.69) is 13.8 Å². The Balaban J connectivity index is 0.000000230. The van der Waals surface area contributed by atoms with Crippen molar-refractivity contribution in [2.75, 3.05) is 26.4 Å². The summed E-state index contributed by atoms with van der Waals surface area (Å²) in [4.78, 5) is 0. The van der Waals surface area contributed by atoms with Crippen LogP contribution in [-0.2, 0) is 9.47 Å². The molecule has 6 heteroatoms. The van der Waals surface area contributed by atoms with Gasteiger partial charge in [-0.3, -0.25) is 0 Å². The molecule has 0 spiro atoms. The van der Waals surface area contributed by atoms with Gasteiger partial charge in [0, 0.05) is 0 Å². The molecule has 0 radical (unpaired) electrons. The summed E-state index contributed by atoms with van der Waals surface area (Å²) < 4.78 is 11.4. The molecule has 0 unspecified atom stereocenters. The molecule has 0 heterocycles. The highest BCUT2D eigenvalue weighted by Crippen LogP contribution is 2.48. The Hall–Kier alpha value is -0.240. The fourth-order valence-corrected chi connectivity index (χ4v) is 7.95. The second kappa shape index (κ2) is 16.9. The lowest BCUT2D eigenvalue weighted by atomic mass is 9.60. The fraction of sp³-hybridized carbons (Fsp3) is 1.00. The first-order valence-electron chi connectivity index (χ1n) is 16.1. The number of aliphatic hydroxyl groups is 4.